The van der Waals surface area contributed by atoms with Crippen molar-refractivity contribution in [3.8, 4) is 5.95 Å². The lowest BCUT2D eigenvalue weighted by atomic mass is 10.1. The fraction of sp³-hybridized carbons (Fsp3) is 0.267. The van der Waals surface area contributed by atoms with Crippen LogP contribution in [0.2, 0.25) is 0 Å². The molecule has 0 aliphatic heterocycles. The largest absolute Gasteiger partial charge is 0.334 e. The van der Waals surface area contributed by atoms with Gasteiger partial charge in [-0.15, -0.1) is 10.2 Å². The highest BCUT2D eigenvalue weighted by molar-refractivity contribution is 7.98. The van der Waals surface area contributed by atoms with Crippen LogP contribution in [0.1, 0.15) is 22.5 Å². The molecular formula is C15H18N6S. The summed E-state index contributed by atoms with van der Waals surface area (Å²) < 4.78 is 3.20. The second-order valence-corrected chi connectivity index (χ2v) is 6.15. The van der Waals surface area contributed by atoms with Crippen molar-refractivity contribution in [2.75, 3.05) is 5.84 Å². The molecule has 3 aromatic rings. The summed E-state index contributed by atoms with van der Waals surface area (Å²) in [6.07, 6.45) is 0. The zero-order chi connectivity index (χ0) is 15.7. The summed E-state index contributed by atoms with van der Waals surface area (Å²) in [5.41, 5.74) is 4.43. The topological polar surface area (TPSA) is 74.5 Å². The lowest BCUT2D eigenvalue weighted by Gasteiger charge is -2.06. The second-order valence-electron chi connectivity index (χ2n) is 5.21. The van der Waals surface area contributed by atoms with Crippen LogP contribution in [0.5, 0.6) is 0 Å². The molecule has 0 saturated heterocycles. The predicted molar refractivity (Wildman–Crippen MR) is 87.5 cm³/mol. The maximum absolute atomic E-state index is 6.13. The highest BCUT2D eigenvalue weighted by atomic mass is 32.2. The minimum atomic E-state index is 0.526. The van der Waals surface area contributed by atoms with Gasteiger partial charge in [0.1, 0.15) is 0 Å². The molecule has 3 rings (SSSR count). The van der Waals surface area contributed by atoms with Gasteiger partial charge in [-0.2, -0.15) is 5.10 Å². The van der Waals surface area contributed by atoms with Crippen LogP contribution >= 0.6 is 11.8 Å². The average molecular weight is 314 g/mol. The van der Waals surface area contributed by atoms with Crippen molar-refractivity contribution >= 4 is 11.8 Å². The summed E-state index contributed by atoms with van der Waals surface area (Å²) in [5, 5.41) is 13.4. The standard InChI is InChI=1S/C15H18N6S/c1-10-6-4-5-7-13(10)9-22-15-18-17-14(20(15)16)21-12(3)8-11(2)19-21/h4-8H,9,16H2,1-3H3. The minimum Gasteiger partial charge on any atom is -0.334 e. The van der Waals surface area contributed by atoms with E-state index in [9.17, 15) is 0 Å². The van der Waals surface area contributed by atoms with E-state index in [1.807, 2.05) is 32.0 Å². The smallest absolute Gasteiger partial charge is 0.271 e. The molecule has 0 atom stereocenters. The van der Waals surface area contributed by atoms with Crippen molar-refractivity contribution in [1.29, 1.82) is 0 Å². The molecule has 22 heavy (non-hydrogen) atoms. The van der Waals surface area contributed by atoms with Crippen molar-refractivity contribution < 1.29 is 0 Å². The van der Waals surface area contributed by atoms with E-state index in [1.54, 1.807) is 16.4 Å². The molecule has 0 saturated carbocycles. The summed E-state index contributed by atoms with van der Waals surface area (Å²) in [4.78, 5) is 0. The lowest BCUT2D eigenvalue weighted by Crippen LogP contribution is -2.17. The van der Waals surface area contributed by atoms with Crippen molar-refractivity contribution in [2.24, 2.45) is 0 Å². The van der Waals surface area contributed by atoms with Crippen molar-refractivity contribution in [3.63, 3.8) is 0 Å². The molecular weight excluding hydrogens is 296 g/mol. The Kier molecular flexibility index (Phi) is 3.89. The third-order valence-corrected chi connectivity index (χ3v) is 4.46. The number of rotatable bonds is 4. The third kappa shape index (κ3) is 2.71. The van der Waals surface area contributed by atoms with Gasteiger partial charge in [0.25, 0.3) is 5.95 Å². The normalized spacial score (nSPS) is 11.0. The van der Waals surface area contributed by atoms with Gasteiger partial charge in [-0.05, 0) is 38.0 Å². The van der Waals surface area contributed by atoms with E-state index in [-0.39, 0.29) is 0 Å². The monoisotopic (exact) mass is 314 g/mol. The van der Waals surface area contributed by atoms with Crippen LogP contribution in [0.15, 0.2) is 35.5 Å². The maximum atomic E-state index is 6.13. The highest BCUT2D eigenvalue weighted by Gasteiger charge is 2.15. The summed E-state index contributed by atoms with van der Waals surface area (Å²) in [5.74, 6) is 7.46. The SMILES string of the molecule is Cc1cc(C)n(-c2nnc(SCc3ccccc3C)n2N)n1. The van der Waals surface area contributed by atoms with Crippen LogP contribution in [0.3, 0.4) is 0 Å². The Balaban J connectivity index is 1.82. The Labute approximate surface area is 133 Å². The molecule has 0 bridgehead atoms. The molecule has 2 heterocycles. The number of hydrogen-bond acceptors (Lipinski definition) is 5. The van der Waals surface area contributed by atoms with Gasteiger partial charge in [0.15, 0.2) is 0 Å². The molecule has 0 unspecified atom stereocenters. The van der Waals surface area contributed by atoms with Crippen LogP contribution in [-0.4, -0.2) is 24.7 Å². The van der Waals surface area contributed by atoms with Gasteiger partial charge in [-0.3, -0.25) is 0 Å². The number of nitrogen functional groups attached to an aromatic ring is 1. The Morgan fingerprint density at radius 1 is 1.14 bits per heavy atom. The van der Waals surface area contributed by atoms with Gasteiger partial charge in [-0.25, -0.2) is 9.36 Å². The van der Waals surface area contributed by atoms with Crippen LogP contribution in [0, 0.1) is 20.8 Å². The highest BCUT2D eigenvalue weighted by Crippen LogP contribution is 2.23. The van der Waals surface area contributed by atoms with Crippen LogP contribution < -0.4 is 5.84 Å². The van der Waals surface area contributed by atoms with Gasteiger partial charge < -0.3 is 5.84 Å². The van der Waals surface area contributed by atoms with E-state index >= 15 is 0 Å². The second kappa shape index (κ2) is 5.84. The number of hydrogen-bond donors (Lipinski definition) is 1. The zero-order valence-corrected chi connectivity index (χ0v) is 13.6. The molecule has 0 amide bonds. The maximum Gasteiger partial charge on any atom is 0.271 e. The first-order chi connectivity index (χ1) is 10.6. The average Bonchev–Trinajstić information content (AvgIpc) is 3.00. The van der Waals surface area contributed by atoms with Crippen LogP contribution in [0.4, 0.5) is 0 Å². The van der Waals surface area contributed by atoms with Crippen LogP contribution in [0.25, 0.3) is 5.95 Å². The Morgan fingerprint density at radius 3 is 2.59 bits per heavy atom. The van der Waals surface area contributed by atoms with E-state index in [4.69, 9.17) is 5.84 Å². The number of aromatic nitrogens is 5. The fourth-order valence-electron chi connectivity index (χ4n) is 2.26. The number of benzene rings is 1. The third-order valence-electron chi connectivity index (χ3n) is 3.46. The number of thioether (sulfide) groups is 1. The number of aryl methyl sites for hydroxylation is 3. The molecule has 2 N–H and O–H groups in total. The van der Waals surface area contributed by atoms with Gasteiger partial charge in [0.2, 0.25) is 5.16 Å². The first-order valence-electron chi connectivity index (χ1n) is 6.97. The van der Waals surface area contributed by atoms with Gasteiger partial charge in [0.05, 0.1) is 5.69 Å². The van der Waals surface area contributed by atoms with Gasteiger partial charge >= 0.3 is 0 Å². The van der Waals surface area contributed by atoms with Crippen molar-refractivity contribution in [1.82, 2.24) is 24.7 Å². The van der Waals surface area contributed by atoms with E-state index in [0.717, 1.165) is 17.1 Å². The summed E-state index contributed by atoms with van der Waals surface area (Å²) in [7, 11) is 0. The molecule has 0 aliphatic rings. The summed E-state index contributed by atoms with van der Waals surface area (Å²) >= 11 is 1.57. The van der Waals surface area contributed by atoms with Crippen molar-refractivity contribution in [2.45, 2.75) is 31.7 Å². The minimum absolute atomic E-state index is 0.526. The van der Waals surface area contributed by atoms with E-state index in [2.05, 4.69) is 34.4 Å². The first-order valence-corrected chi connectivity index (χ1v) is 7.96. The molecule has 1 aromatic carbocycles. The molecule has 0 spiro atoms. The quantitative estimate of drug-likeness (QED) is 0.591. The lowest BCUT2D eigenvalue weighted by molar-refractivity contribution is 0.727. The summed E-state index contributed by atoms with van der Waals surface area (Å²) in [6.45, 7) is 6.01. The number of nitrogens with zero attached hydrogens (tertiary/aromatic N) is 5. The Hall–Kier alpha value is -2.28. The first kappa shape index (κ1) is 14.6. The molecule has 0 radical (unpaired) electrons. The molecule has 0 aliphatic carbocycles. The molecule has 114 valence electrons. The van der Waals surface area contributed by atoms with E-state index in [1.165, 1.54) is 15.8 Å². The van der Waals surface area contributed by atoms with Crippen LogP contribution in [-0.2, 0) is 5.75 Å². The predicted octanol–water partition coefficient (Wildman–Crippen LogP) is 2.40. The van der Waals surface area contributed by atoms with E-state index in [0.29, 0.717) is 11.1 Å². The molecule has 6 nitrogen and oxygen atoms in total. The molecule has 7 heteroatoms. The van der Waals surface area contributed by atoms with E-state index < -0.39 is 0 Å². The molecule has 2 aromatic heterocycles. The Morgan fingerprint density at radius 2 is 1.91 bits per heavy atom. The summed E-state index contributed by atoms with van der Waals surface area (Å²) in [6, 6.07) is 10.3. The Bertz CT molecular complexity index is 804. The number of nitrogens with two attached hydrogens (primary N) is 1. The van der Waals surface area contributed by atoms with Gasteiger partial charge in [0, 0.05) is 11.4 Å². The van der Waals surface area contributed by atoms with Crippen molar-refractivity contribution in [3.05, 3.63) is 52.8 Å². The fourth-order valence-corrected chi connectivity index (χ4v) is 3.19. The zero-order valence-electron chi connectivity index (χ0n) is 12.8. The molecule has 0 fully saturated rings. The van der Waals surface area contributed by atoms with Gasteiger partial charge in [-0.1, -0.05) is 36.0 Å².